The zero-order valence-electron chi connectivity index (χ0n) is 11.2. The molecule has 0 heteroatoms. The molecule has 0 aliphatic rings. The first-order valence-electron chi connectivity index (χ1n) is 6.57. The van der Waals surface area contributed by atoms with Crippen molar-refractivity contribution >= 4 is 0 Å². The van der Waals surface area contributed by atoms with Crippen molar-refractivity contribution in [2.45, 2.75) is 52.4 Å². The van der Waals surface area contributed by atoms with Crippen LogP contribution in [0, 0.1) is 11.3 Å². The summed E-state index contributed by atoms with van der Waals surface area (Å²) in [7, 11) is 0. The summed E-state index contributed by atoms with van der Waals surface area (Å²) in [4.78, 5) is 0. The zero-order chi connectivity index (χ0) is 12.4. The maximum atomic E-state index is 3.91. The van der Waals surface area contributed by atoms with Gasteiger partial charge in [-0.1, -0.05) is 64.2 Å². The number of unbranched alkanes of at least 4 members (excludes halogenated alkanes) is 4. The average Bonchev–Trinajstić information content (AvgIpc) is 2.32. The van der Waals surface area contributed by atoms with Crippen molar-refractivity contribution in [2.24, 2.45) is 11.3 Å². The third-order valence-corrected chi connectivity index (χ3v) is 3.65. The van der Waals surface area contributed by atoms with E-state index >= 15 is 0 Å². The van der Waals surface area contributed by atoms with E-state index in [-0.39, 0.29) is 5.41 Å². The Morgan fingerprint density at radius 2 is 1.44 bits per heavy atom. The Bertz CT molecular complexity index is 190. The van der Waals surface area contributed by atoms with E-state index in [9.17, 15) is 0 Å². The predicted octanol–water partition coefficient (Wildman–Crippen LogP) is 5.53. The van der Waals surface area contributed by atoms with E-state index in [1.54, 1.807) is 0 Å². The summed E-state index contributed by atoms with van der Waals surface area (Å²) in [6, 6.07) is 0. The molecule has 0 heterocycles. The summed E-state index contributed by atoms with van der Waals surface area (Å²) in [5.74, 6) is 0.557. The third-order valence-electron chi connectivity index (χ3n) is 3.65. The minimum atomic E-state index is -0.0786. The topological polar surface area (TPSA) is 0 Å². The van der Waals surface area contributed by atoms with Crippen LogP contribution in [-0.2, 0) is 0 Å². The first kappa shape index (κ1) is 15.2. The lowest BCUT2D eigenvalue weighted by Gasteiger charge is -2.30. The summed E-state index contributed by atoms with van der Waals surface area (Å²) in [6.45, 7) is 16.3. The molecule has 0 radical (unpaired) electrons. The zero-order valence-corrected chi connectivity index (χ0v) is 11.2. The molecule has 0 spiro atoms. The molecule has 92 valence electrons. The van der Waals surface area contributed by atoms with Gasteiger partial charge < -0.3 is 0 Å². The second-order valence-corrected chi connectivity index (χ2v) is 4.72. The highest BCUT2D eigenvalue weighted by Gasteiger charge is 2.25. The van der Waals surface area contributed by atoms with Gasteiger partial charge >= 0.3 is 0 Å². The van der Waals surface area contributed by atoms with Crippen molar-refractivity contribution in [1.29, 1.82) is 0 Å². The largest absolute Gasteiger partial charge is 0.102 e. The van der Waals surface area contributed by atoms with Crippen LogP contribution in [0.3, 0.4) is 0 Å². The quantitative estimate of drug-likeness (QED) is 0.335. The van der Waals surface area contributed by atoms with E-state index in [1.807, 2.05) is 18.2 Å². The molecule has 1 unspecified atom stereocenters. The van der Waals surface area contributed by atoms with Crippen molar-refractivity contribution < 1.29 is 0 Å². The Kier molecular flexibility index (Phi) is 7.97. The molecular weight excluding hydrogens is 192 g/mol. The molecule has 0 aromatic carbocycles. The summed E-state index contributed by atoms with van der Waals surface area (Å²) < 4.78 is 0. The van der Waals surface area contributed by atoms with E-state index in [2.05, 4.69) is 33.6 Å². The summed E-state index contributed by atoms with van der Waals surface area (Å²) in [5, 5.41) is 0. The van der Waals surface area contributed by atoms with Crippen LogP contribution in [0.5, 0.6) is 0 Å². The minimum absolute atomic E-state index is 0.0786. The Balaban J connectivity index is 4.02. The summed E-state index contributed by atoms with van der Waals surface area (Å²) in [5.41, 5.74) is -0.0786. The van der Waals surface area contributed by atoms with E-state index in [0.717, 1.165) is 0 Å². The summed E-state index contributed by atoms with van der Waals surface area (Å²) >= 11 is 0. The maximum absolute atomic E-state index is 3.91. The standard InChI is InChI=1S/C16H28/c1-6-10-11-12-13-14-15(5)16(7-2,8-3)9-4/h7-9,15H,2-4,6,10-14H2,1,5H3. The van der Waals surface area contributed by atoms with E-state index in [1.165, 1.54) is 38.5 Å². The molecular formula is C16H28. The first-order valence-corrected chi connectivity index (χ1v) is 6.57. The van der Waals surface area contributed by atoms with Crippen LogP contribution < -0.4 is 0 Å². The van der Waals surface area contributed by atoms with Crippen molar-refractivity contribution in [1.82, 2.24) is 0 Å². The second kappa shape index (κ2) is 8.38. The second-order valence-electron chi connectivity index (χ2n) is 4.72. The Hall–Kier alpha value is -0.780. The predicted molar refractivity (Wildman–Crippen MR) is 75.6 cm³/mol. The highest BCUT2D eigenvalue weighted by molar-refractivity contribution is 5.18. The molecule has 0 rings (SSSR count). The van der Waals surface area contributed by atoms with Crippen LogP contribution in [-0.4, -0.2) is 0 Å². The third kappa shape index (κ3) is 4.38. The molecule has 0 N–H and O–H groups in total. The molecule has 0 fully saturated rings. The van der Waals surface area contributed by atoms with E-state index < -0.39 is 0 Å². The molecule has 0 saturated carbocycles. The van der Waals surface area contributed by atoms with Gasteiger partial charge in [0.05, 0.1) is 0 Å². The van der Waals surface area contributed by atoms with Gasteiger partial charge in [0, 0.05) is 5.41 Å². The SMILES string of the molecule is C=CC(C=C)(C=C)C(C)CCCCCCC. The van der Waals surface area contributed by atoms with Gasteiger partial charge in [0.1, 0.15) is 0 Å². The number of rotatable bonds is 10. The van der Waals surface area contributed by atoms with Gasteiger partial charge in [-0.25, -0.2) is 0 Å². The molecule has 0 aliphatic heterocycles. The van der Waals surface area contributed by atoms with Crippen LogP contribution in [0.2, 0.25) is 0 Å². The van der Waals surface area contributed by atoms with Crippen molar-refractivity contribution in [3.63, 3.8) is 0 Å². The smallest absolute Gasteiger partial charge is 0.0259 e. The van der Waals surface area contributed by atoms with Gasteiger partial charge in [-0.2, -0.15) is 0 Å². The van der Waals surface area contributed by atoms with Gasteiger partial charge in [-0.05, 0) is 12.3 Å². The van der Waals surface area contributed by atoms with Gasteiger partial charge in [0.2, 0.25) is 0 Å². The van der Waals surface area contributed by atoms with Crippen molar-refractivity contribution in [2.75, 3.05) is 0 Å². The number of hydrogen-bond donors (Lipinski definition) is 0. The van der Waals surface area contributed by atoms with Gasteiger partial charge in [0.15, 0.2) is 0 Å². The molecule has 0 saturated heterocycles. The van der Waals surface area contributed by atoms with Gasteiger partial charge in [-0.15, -0.1) is 19.7 Å². The summed E-state index contributed by atoms with van der Waals surface area (Å²) in [6.07, 6.45) is 13.9. The Morgan fingerprint density at radius 3 is 1.88 bits per heavy atom. The molecule has 0 aromatic rings. The maximum Gasteiger partial charge on any atom is 0.0259 e. The fraction of sp³-hybridized carbons (Fsp3) is 0.625. The monoisotopic (exact) mass is 220 g/mol. The Morgan fingerprint density at radius 1 is 0.938 bits per heavy atom. The molecule has 0 aliphatic carbocycles. The van der Waals surface area contributed by atoms with Gasteiger partial charge in [-0.3, -0.25) is 0 Å². The molecule has 0 amide bonds. The molecule has 0 aromatic heterocycles. The van der Waals surface area contributed by atoms with Gasteiger partial charge in [0.25, 0.3) is 0 Å². The lowest BCUT2D eigenvalue weighted by atomic mass is 9.74. The average molecular weight is 220 g/mol. The normalized spacial score (nSPS) is 13.1. The molecule has 0 nitrogen and oxygen atoms in total. The van der Waals surface area contributed by atoms with E-state index in [0.29, 0.717) is 5.92 Å². The van der Waals surface area contributed by atoms with Crippen LogP contribution in [0.15, 0.2) is 38.0 Å². The van der Waals surface area contributed by atoms with Crippen molar-refractivity contribution in [3.8, 4) is 0 Å². The highest BCUT2D eigenvalue weighted by Crippen LogP contribution is 2.35. The fourth-order valence-electron chi connectivity index (χ4n) is 2.16. The molecule has 16 heavy (non-hydrogen) atoms. The van der Waals surface area contributed by atoms with Crippen LogP contribution in [0.1, 0.15) is 52.4 Å². The molecule has 1 atom stereocenters. The van der Waals surface area contributed by atoms with Crippen LogP contribution in [0.25, 0.3) is 0 Å². The van der Waals surface area contributed by atoms with Crippen molar-refractivity contribution in [3.05, 3.63) is 38.0 Å². The minimum Gasteiger partial charge on any atom is -0.102 e. The first-order chi connectivity index (χ1) is 7.66. The highest BCUT2D eigenvalue weighted by atomic mass is 14.3. The molecule has 0 bridgehead atoms. The number of hydrogen-bond acceptors (Lipinski definition) is 0. The van der Waals surface area contributed by atoms with E-state index in [4.69, 9.17) is 0 Å². The van der Waals surface area contributed by atoms with Crippen LogP contribution in [0.4, 0.5) is 0 Å². The lowest BCUT2D eigenvalue weighted by molar-refractivity contribution is 0.358. The number of allylic oxidation sites excluding steroid dienone is 3. The van der Waals surface area contributed by atoms with Crippen LogP contribution >= 0.6 is 0 Å². The Labute approximate surface area is 102 Å². The lowest BCUT2D eigenvalue weighted by Crippen LogP contribution is -2.21. The fourth-order valence-corrected chi connectivity index (χ4v) is 2.16.